The molecular formula is C22H20N4O4. The summed E-state index contributed by atoms with van der Waals surface area (Å²) < 4.78 is 24.1. The maximum atomic E-state index is 10.4. The number of hydrogen-bond donors (Lipinski definition) is 1. The Morgan fingerprint density at radius 3 is 2.37 bits per heavy atom. The van der Waals surface area contributed by atoms with Crippen LogP contribution in [0.5, 0.6) is 0 Å². The van der Waals surface area contributed by atoms with Crippen LogP contribution >= 0.6 is 0 Å². The smallest absolute Gasteiger partial charge is 0.218 e. The summed E-state index contributed by atoms with van der Waals surface area (Å²) in [5, 5.41) is 39.7. The maximum Gasteiger partial charge on any atom is 0.218 e. The van der Waals surface area contributed by atoms with Crippen LogP contribution in [0.1, 0.15) is 36.5 Å². The van der Waals surface area contributed by atoms with Crippen LogP contribution in [0, 0.1) is 63.1 Å². The summed E-state index contributed by atoms with van der Waals surface area (Å²) in [6, 6.07) is 13.7. The van der Waals surface area contributed by atoms with Crippen molar-refractivity contribution in [1.82, 2.24) is 0 Å². The quantitative estimate of drug-likeness (QED) is 0.761. The molecule has 1 aromatic rings. The van der Waals surface area contributed by atoms with Crippen LogP contribution in [0.2, 0.25) is 0 Å². The summed E-state index contributed by atoms with van der Waals surface area (Å²) in [7, 11) is 0. The molecule has 4 fully saturated rings. The predicted molar refractivity (Wildman–Crippen MR) is 100 cm³/mol. The van der Waals surface area contributed by atoms with Crippen LogP contribution in [-0.2, 0) is 18.9 Å². The molecule has 1 spiro atoms. The van der Waals surface area contributed by atoms with E-state index in [0.717, 1.165) is 5.56 Å². The van der Waals surface area contributed by atoms with Gasteiger partial charge < -0.3 is 18.9 Å². The molecule has 3 aliphatic heterocycles. The molecule has 30 heavy (non-hydrogen) atoms. The van der Waals surface area contributed by atoms with Crippen molar-refractivity contribution in [3.63, 3.8) is 0 Å². The number of nitrogens with one attached hydrogen (secondary N) is 1. The standard InChI is InChI=1S/C22H20N4O4/c1-14-4-2-3-5-15(14)17-19(11-23,12-24)21(13-25)16-10-20(27-8-9-28-20)6-7-22(16,29-17)30-18(21)26/h2-5,16-17,26H,6-10H2,1H3. The SMILES string of the molecule is Cc1ccccc1C1OC23CCC4(CC2C(C#N)(C(=N)O3)C1(C#N)C#N)OCCO4. The molecule has 2 bridgehead atoms. The van der Waals surface area contributed by atoms with E-state index in [4.69, 9.17) is 24.4 Å². The van der Waals surface area contributed by atoms with Gasteiger partial charge in [0, 0.05) is 19.3 Å². The van der Waals surface area contributed by atoms with Crippen LogP contribution in [-0.4, -0.2) is 30.7 Å². The van der Waals surface area contributed by atoms with E-state index in [9.17, 15) is 15.8 Å². The van der Waals surface area contributed by atoms with Crippen LogP contribution < -0.4 is 0 Å². The molecule has 1 N–H and O–H groups in total. The fraction of sp³-hybridized carbons (Fsp3) is 0.545. The summed E-state index contributed by atoms with van der Waals surface area (Å²) >= 11 is 0. The lowest BCUT2D eigenvalue weighted by Gasteiger charge is -2.54. The number of benzene rings is 1. The summed E-state index contributed by atoms with van der Waals surface area (Å²) in [5.41, 5.74) is -2.29. The van der Waals surface area contributed by atoms with Gasteiger partial charge in [-0.15, -0.1) is 0 Å². The Balaban J connectivity index is 1.74. The molecule has 4 aliphatic rings. The van der Waals surface area contributed by atoms with Gasteiger partial charge in [-0.1, -0.05) is 24.3 Å². The van der Waals surface area contributed by atoms with Crippen LogP contribution in [0.3, 0.4) is 0 Å². The predicted octanol–water partition coefficient (Wildman–Crippen LogP) is 2.86. The number of aryl methyl sites for hydroxylation is 1. The Hall–Kier alpha value is -2.96. The van der Waals surface area contributed by atoms with Crippen molar-refractivity contribution < 1.29 is 18.9 Å². The van der Waals surface area contributed by atoms with E-state index in [0.29, 0.717) is 31.6 Å². The molecule has 4 unspecified atom stereocenters. The molecule has 8 heteroatoms. The Bertz CT molecular complexity index is 1050. The van der Waals surface area contributed by atoms with Gasteiger partial charge in [0.05, 0.1) is 37.3 Å². The zero-order valence-electron chi connectivity index (χ0n) is 16.5. The number of ether oxygens (including phenoxy) is 4. The van der Waals surface area contributed by atoms with Crippen molar-refractivity contribution in [2.45, 2.75) is 43.9 Å². The van der Waals surface area contributed by atoms with Crippen LogP contribution in [0.15, 0.2) is 24.3 Å². The van der Waals surface area contributed by atoms with E-state index in [1.165, 1.54) is 0 Å². The highest BCUT2D eigenvalue weighted by atomic mass is 16.7. The first kappa shape index (κ1) is 19.0. The van der Waals surface area contributed by atoms with Crippen LogP contribution in [0.25, 0.3) is 0 Å². The Morgan fingerprint density at radius 2 is 1.73 bits per heavy atom. The Morgan fingerprint density at radius 1 is 1.03 bits per heavy atom. The van der Waals surface area contributed by atoms with E-state index < -0.39 is 34.4 Å². The second-order valence-corrected chi connectivity index (χ2v) is 8.41. The van der Waals surface area contributed by atoms with Gasteiger partial charge in [-0.05, 0) is 18.1 Å². The Kier molecular flexibility index (Phi) is 3.82. The van der Waals surface area contributed by atoms with E-state index in [1.54, 1.807) is 12.1 Å². The average Bonchev–Trinajstić information content (AvgIpc) is 3.28. The molecule has 152 valence electrons. The first-order chi connectivity index (χ1) is 14.4. The van der Waals surface area contributed by atoms with Crippen molar-refractivity contribution in [3.05, 3.63) is 35.4 Å². The molecule has 0 amide bonds. The lowest BCUT2D eigenvalue weighted by Crippen LogP contribution is -2.63. The second-order valence-electron chi connectivity index (χ2n) is 8.41. The first-order valence-electron chi connectivity index (χ1n) is 9.96. The first-order valence-corrected chi connectivity index (χ1v) is 9.96. The molecule has 1 aromatic carbocycles. The van der Waals surface area contributed by atoms with Crippen molar-refractivity contribution in [3.8, 4) is 18.2 Å². The monoisotopic (exact) mass is 404 g/mol. The van der Waals surface area contributed by atoms with Gasteiger partial charge in [0.1, 0.15) is 6.10 Å². The minimum Gasteiger partial charge on any atom is -0.447 e. The zero-order valence-corrected chi connectivity index (χ0v) is 16.5. The van der Waals surface area contributed by atoms with E-state index in [2.05, 4.69) is 18.2 Å². The van der Waals surface area contributed by atoms with Crippen molar-refractivity contribution in [1.29, 1.82) is 21.2 Å². The number of nitriles is 3. The molecule has 3 saturated heterocycles. The van der Waals surface area contributed by atoms with Gasteiger partial charge in [0.2, 0.25) is 17.1 Å². The topological polar surface area (TPSA) is 132 Å². The van der Waals surface area contributed by atoms with Crippen molar-refractivity contribution in [2.75, 3.05) is 13.2 Å². The van der Waals surface area contributed by atoms with E-state index >= 15 is 0 Å². The largest absolute Gasteiger partial charge is 0.447 e. The second kappa shape index (κ2) is 6.03. The fourth-order valence-electron chi connectivity index (χ4n) is 5.71. The molecule has 0 radical (unpaired) electrons. The third-order valence-corrected chi connectivity index (χ3v) is 7.20. The van der Waals surface area contributed by atoms with Gasteiger partial charge in [0.15, 0.2) is 11.2 Å². The molecule has 5 rings (SSSR count). The number of hydrogen-bond acceptors (Lipinski definition) is 8. The third kappa shape index (κ3) is 2.00. The maximum absolute atomic E-state index is 10.4. The summed E-state index contributed by atoms with van der Waals surface area (Å²) in [6.45, 7) is 2.74. The molecular weight excluding hydrogens is 384 g/mol. The average molecular weight is 404 g/mol. The molecule has 8 nitrogen and oxygen atoms in total. The van der Waals surface area contributed by atoms with Gasteiger partial charge in [-0.2, -0.15) is 15.8 Å². The Labute approximate surface area is 174 Å². The summed E-state index contributed by atoms with van der Waals surface area (Å²) in [4.78, 5) is 0. The van der Waals surface area contributed by atoms with Gasteiger partial charge in [-0.3, -0.25) is 5.41 Å². The van der Waals surface area contributed by atoms with Gasteiger partial charge >= 0.3 is 0 Å². The normalized spacial score (nSPS) is 37.5. The lowest BCUT2D eigenvalue weighted by atomic mass is 9.51. The number of nitrogens with zero attached hydrogens (tertiary/aromatic N) is 3. The van der Waals surface area contributed by atoms with Gasteiger partial charge in [0.25, 0.3) is 0 Å². The highest BCUT2D eigenvalue weighted by Crippen LogP contribution is 2.70. The van der Waals surface area contributed by atoms with Crippen molar-refractivity contribution >= 4 is 5.90 Å². The highest BCUT2D eigenvalue weighted by molar-refractivity contribution is 5.89. The third-order valence-electron chi connectivity index (χ3n) is 7.20. The highest BCUT2D eigenvalue weighted by Gasteiger charge is 2.82. The molecule has 1 saturated carbocycles. The number of rotatable bonds is 1. The van der Waals surface area contributed by atoms with E-state index in [1.807, 2.05) is 19.1 Å². The zero-order chi connectivity index (χ0) is 21.2. The fourth-order valence-corrected chi connectivity index (χ4v) is 5.71. The minimum atomic E-state index is -1.97. The summed E-state index contributed by atoms with van der Waals surface area (Å²) in [6.07, 6.45) is -0.00925. The molecule has 1 aliphatic carbocycles. The minimum absolute atomic E-state index is 0.217. The molecule has 4 atom stereocenters. The van der Waals surface area contributed by atoms with Crippen molar-refractivity contribution in [2.24, 2.45) is 16.7 Å². The molecule has 3 heterocycles. The molecule has 0 aromatic heterocycles. The van der Waals surface area contributed by atoms with Crippen LogP contribution in [0.4, 0.5) is 0 Å². The summed E-state index contributed by atoms with van der Waals surface area (Å²) in [5.74, 6) is -3.31. The van der Waals surface area contributed by atoms with E-state index in [-0.39, 0.29) is 12.3 Å². The lowest BCUT2D eigenvalue weighted by molar-refractivity contribution is -0.330. The van der Waals surface area contributed by atoms with Gasteiger partial charge in [-0.25, -0.2) is 0 Å².